The number of hydrogen-bond acceptors (Lipinski definition) is 4. The van der Waals surface area contributed by atoms with Crippen LogP contribution >= 0.6 is 0 Å². The minimum atomic E-state index is -0.805. The molecule has 3 rings (SSSR count). The molecule has 0 amide bonds. The molecule has 0 saturated heterocycles. The Morgan fingerprint density at radius 1 is 0.867 bits per heavy atom. The van der Waals surface area contributed by atoms with Gasteiger partial charge < -0.3 is 14.2 Å². The van der Waals surface area contributed by atoms with Gasteiger partial charge in [0.2, 0.25) is 6.10 Å². The van der Waals surface area contributed by atoms with Crippen molar-refractivity contribution in [2.24, 2.45) is 0 Å². The molecule has 0 saturated carbocycles. The van der Waals surface area contributed by atoms with Gasteiger partial charge in [-0.05, 0) is 49.1 Å². The molecule has 0 aromatic heterocycles. The van der Waals surface area contributed by atoms with Crippen LogP contribution in [0.15, 0.2) is 42.5 Å². The van der Waals surface area contributed by atoms with E-state index in [0.29, 0.717) is 23.9 Å². The molecule has 0 N–H and O–H groups in total. The van der Waals surface area contributed by atoms with E-state index in [2.05, 4.69) is 19.9 Å². The highest BCUT2D eigenvalue weighted by molar-refractivity contribution is 5.82. The van der Waals surface area contributed by atoms with Crippen LogP contribution < -0.4 is 14.2 Å². The highest BCUT2D eigenvalue weighted by atomic mass is 16.6. The summed E-state index contributed by atoms with van der Waals surface area (Å²) < 4.78 is 17.7. The van der Waals surface area contributed by atoms with Crippen molar-refractivity contribution in [1.29, 1.82) is 0 Å². The first-order valence-electron chi connectivity index (χ1n) is 11.5. The second-order valence-electron chi connectivity index (χ2n) is 7.96. The lowest BCUT2D eigenvalue weighted by atomic mass is 10.0. The van der Waals surface area contributed by atoms with Crippen LogP contribution in [0.2, 0.25) is 0 Å². The zero-order chi connectivity index (χ0) is 21.2. The molecule has 162 valence electrons. The number of hydrogen-bond donors (Lipinski definition) is 0. The molecule has 2 aromatic rings. The Bertz CT molecular complexity index is 814. The van der Waals surface area contributed by atoms with Crippen molar-refractivity contribution in [1.82, 2.24) is 0 Å². The Kier molecular flexibility index (Phi) is 8.61. The van der Waals surface area contributed by atoms with Gasteiger partial charge >= 0.3 is 5.97 Å². The van der Waals surface area contributed by atoms with E-state index in [9.17, 15) is 4.79 Å². The van der Waals surface area contributed by atoms with Gasteiger partial charge in [0, 0.05) is 5.56 Å². The third-order valence-electron chi connectivity index (χ3n) is 5.45. The molecule has 0 radical (unpaired) electrons. The lowest BCUT2D eigenvalue weighted by molar-refractivity contribution is -0.145. The smallest absolute Gasteiger partial charge is 0.357 e. The molecule has 1 aliphatic rings. The first-order chi connectivity index (χ1) is 14.7. The second kappa shape index (κ2) is 11.6. The molecule has 0 spiro atoms. The van der Waals surface area contributed by atoms with Crippen molar-refractivity contribution in [3.63, 3.8) is 0 Å². The van der Waals surface area contributed by atoms with Gasteiger partial charge in [-0.2, -0.15) is 0 Å². The zero-order valence-electron chi connectivity index (χ0n) is 18.3. The van der Waals surface area contributed by atoms with E-state index in [1.807, 2.05) is 30.3 Å². The number of aryl methyl sites for hydroxylation is 1. The number of ether oxygens (including phenoxy) is 3. The minimum Gasteiger partial charge on any atom is -0.493 e. The van der Waals surface area contributed by atoms with E-state index in [-0.39, 0.29) is 0 Å². The number of carbonyl (C=O) groups is 1. The average molecular weight is 411 g/mol. The third kappa shape index (κ3) is 6.01. The number of rotatable bonds is 12. The van der Waals surface area contributed by atoms with Crippen LogP contribution in [0.25, 0.3) is 0 Å². The van der Waals surface area contributed by atoms with E-state index < -0.39 is 12.1 Å². The fourth-order valence-electron chi connectivity index (χ4n) is 3.69. The molecule has 0 aliphatic carbocycles. The van der Waals surface area contributed by atoms with Gasteiger partial charge in [-0.15, -0.1) is 0 Å². The Morgan fingerprint density at radius 2 is 1.60 bits per heavy atom. The van der Waals surface area contributed by atoms with E-state index >= 15 is 0 Å². The number of unbranched alkanes of at least 4 members (excludes halogenated alkanes) is 6. The van der Waals surface area contributed by atoms with Crippen molar-refractivity contribution in [3.8, 4) is 17.2 Å². The van der Waals surface area contributed by atoms with E-state index in [1.54, 1.807) is 6.07 Å². The van der Waals surface area contributed by atoms with Crippen LogP contribution in [0.5, 0.6) is 17.2 Å². The van der Waals surface area contributed by atoms with Crippen LogP contribution in [-0.4, -0.2) is 12.6 Å². The summed E-state index contributed by atoms with van der Waals surface area (Å²) in [6.45, 7) is 5.05. The maximum absolute atomic E-state index is 12.7. The molecular weight excluding hydrogens is 376 g/mol. The summed E-state index contributed by atoms with van der Waals surface area (Å²) in [5, 5.41) is 0. The summed E-state index contributed by atoms with van der Waals surface area (Å²) in [6, 6.07) is 13.4. The number of esters is 1. The maximum Gasteiger partial charge on any atom is 0.357 e. The van der Waals surface area contributed by atoms with Gasteiger partial charge in [0.1, 0.15) is 5.75 Å². The highest BCUT2D eigenvalue weighted by Gasteiger charge is 2.33. The van der Waals surface area contributed by atoms with Crippen molar-refractivity contribution < 1.29 is 19.0 Å². The molecule has 0 fully saturated rings. The van der Waals surface area contributed by atoms with E-state index in [1.165, 1.54) is 37.7 Å². The lowest BCUT2D eigenvalue weighted by Crippen LogP contribution is -2.28. The van der Waals surface area contributed by atoms with E-state index in [4.69, 9.17) is 14.2 Å². The standard InChI is InChI=1S/C26H34O4/c1-3-5-7-8-9-12-18-28-22-17-16-20(13-6-4-2)19-21(22)25-26(27)30-24-15-11-10-14-23(24)29-25/h10-11,14-17,19,25H,3-9,12-13,18H2,1-2H3/t25-/m1/s1. The number of para-hydroxylation sites is 2. The zero-order valence-corrected chi connectivity index (χ0v) is 18.3. The molecule has 1 aliphatic heterocycles. The normalized spacial score (nSPS) is 15.3. The Balaban J connectivity index is 1.72. The summed E-state index contributed by atoms with van der Waals surface area (Å²) in [6.07, 6.45) is 9.66. The molecule has 4 heteroatoms. The summed E-state index contributed by atoms with van der Waals surface area (Å²) >= 11 is 0. The first kappa shape index (κ1) is 22.2. The molecule has 4 nitrogen and oxygen atoms in total. The first-order valence-corrected chi connectivity index (χ1v) is 11.5. The number of benzene rings is 2. The summed E-state index contributed by atoms with van der Waals surface area (Å²) in [5.41, 5.74) is 1.95. The Labute approximate surface area is 180 Å². The maximum atomic E-state index is 12.7. The molecule has 0 bridgehead atoms. The Hall–Kier alpha value is -2.49. The third-order valence-corrected chi connectivity index (χ3v) is 5.45. The minimum absolute atomic E-state index is 0.397. The van der Waals surface area contributed by atoms with Crippen LogP contribution in [0.3, 0.4) is 0 Å². The van der Waals surface area contributed by atoms with Gasteiger partial charge in [-0.1, -0.05) is 70.6 Å². The molecular formula is C26H34O4. The average Bonchev–Trinajstić information content (AvgIpc) is 2.77. The molecule has 0 unspecified atom stereocenters. The van der Waals surface area contributed by atoms with Crippen molar-refractivity contribution in [2.45, 2.75) is 77.7 Å². The number of carbonyl (C=O) groups excluding carboxylic acids is 1. The van der Waals surface area contributed by atoms with Crippen LogP contribution in [0.4, 0.5) is 0 Å². The van der Waals surface area contributed by atoms with Crippen LogP contribution in [0, 0.1) is 0 Å². The van der Waals surface area contributed by atoms with Crippen LogP contribution in [-0.2, 0) is 11.2 Å². The quantitative estimate of drug-likeness (QED) is 0.219. The van der Waals surface area contributed by atoms with Crippen molar-refractivity contribution in [2.75, 3.05) is 6.61 Å². The van der Waals surface area contributed by atoms with Gasteiger partial charge in [-0.3, -0.25) is 0 Å². The topological polar surface area (TPSA) is 44.8 Å². The second-order valence-corrected chi connectivity index (χ2v) is 7.96. The predicted molar refractivity (Wildman–Crippen MR) is 119 cm³/mol. The van der Waals surface area contributed by atoms with Gasteiger partial charge in [0.15, 0.2) is 11.5 Å². The fraction of sp³-hybridized carbons (Fsp3) is 0.500. The molecule has 1 heterocycles. The SMILES string of the molecule is CCCCCCCCOc1ccc(CCCC)cc1[C@H]1Oc2ccccc2OC1=O. The molecule has 2 aromatic carbocycles. The predicted octanol–water partition coefficient (Wildman–Crippen LogP) is 6.81. The lowest BCUT2D eigenvalue weighted by Gasteiger charge is -2.26. The highest BCUT2D eigenvalue weighted by Crippen LogP contribution is 2.39. The van der Waals surface area contributed by atoms with Crippen molar-refractivity contribution in [3.05, 3.63) is 53.6 Å². The monoisotopic (exact) mass is 410 g/mol. The number of fused-ring (bicyclic) bond motifs is 1. The van der Waals surface area contributed by atoms with Gasteiger partial charge in [0.25, 0.3) is 0 Å². The summed E-state index contributed by atoms with van der Waals surface area (Å²) in [7, 11) is 0. The van der Waals surface area contributed by atoms with Gasteiger partial charge in [0.05, 0.1) is 6.61 Å². The molecule has 30 heavy (non-hydrogen) atoms. The molecule has 1 atom stereocenters. The Morgan fingerprint density at radius 3 is 2.40 bits per heavy atom. The fourth-order valence-corrected chi connectivity index (χ4v) is 3.69. The summed E-state index contributed by atoms with van der Waals surface area (Å²) in [4.78, 5) is 12.7. The largest absolute Gasteiger partial charge is 0.493 e. The van der Waals surface area contributed by atoms with Gasteiger partial charge in [-0.25, -0.2) is 4.79 Å². The van der Waals surface area contributed by atoms with Crippen LogP contribution in [0.1, 0.15) is 82.4 Å². The van der Waals surface area contributed by atoms with Crippen molar-refractivity contribution >= 4 is 5.97 Å². The summed E-state index contributed by atoms with van der Waals surface area (Å²) in [5.74, 6) is 1.37. The van der Waals surface area contributed by atoms with E-state index in [0.717, 1.165) is 31.2 Å².